The third-order valence-electron chi connectivity index (χ3n) is 6.59. The number of hydrogen-bond acceptors (Lipinski definition) is 8. The lowest BCUT2D eigenvalue weighted by Gasteiger charge is -2.40. The number of halogens is 1. The van der Waals surface area contributed by atoms with Crippen molar-refractivity contribution in [1.29, 1.82) is 0 Å². The first-order valence-corrected chi connectivity index (χ1v) is 13.5. The van der Waals surface area contributed by atoms with Gasteiger partial charge in [-0.05, 0) is 25.1 Å². The number of aromatic nitrogens is 2. The molecule has 2 aromatic rings. The Bertz CT molecular complexity index is 1160. The molecule has 2 aliphatic heterocycles. The van der Waals surface area contributed by atoms with Crippen LogP contribution < -0.4 is 9.64 Å². The first-order valence-electron chi connectivity index (χ1n) is 12.2. The van der Waals surface area contributed by atoms with Crippen molar-refractivity contribution in [1.82, 2.24) is 24.7 Å². The van der Waals surface area contributed by atoms with Crippen LogP contribution in [0, 0.1) is 0 Å². The number of carbonyl (C=O) groups excluding carboxylic acids is 3. The van der Waals surface area contributed by atoms with Gasteiger partial charge in [-0.25, -0.2) is 9.97 Å². The number of benzene rings is 1. The number of piperazine rings is 2. The molecule has 1 aromatic carbocycles. The highest BCUT2D eigenvalue weighted by Crippen LogP contribution is 2.25. The molecule has 2 fully saturated rings. The Morgan fingerprint density at radius 2 is 1.78 bits per heavy atom. The van der Waals surface area contributed by atoms with E-state index < -0.39 is 0 Å². The maximum atomic E-state index is 13.1. The molecule has 1 unspecified atom stereocenters. The van der Waals surface area contributed by atoms with Gasteiger partial charge in [0.15, 0.2) is 5.16 Å². The van der Waals surface area contributed by atoms with Gasteiger partial charge in [-0.1, -0.05) is 29.4 Å². The van der Waals surface area contributed by atoms with Gasteiger partial charge in [0.2, 0.25) is 11.8 Å². The number of hydrogen-bond donors (Lipinski definition) is 0. The van der Waals surface area contributed by atoms with Crippen molar-refractivity contribution in [2.45, 2.75) is 25.0 Å². The molecule has 37 heavy (non-hydrogen) atoms. The Hall–Kier alpha value is -3.05. The number of rotatable bonds is 6. The lowest BCUT2D eigenvalue weighted by molar-refractivity contribution is -0.136. The van der Waals surface area contributed by atoms with Crippen molar-refractivity contribution in [3.63, 3.8) is 0 Å². The van der Waals surface area contributed by atoms with Crippen molar-refractivity contribution in [3.05, 3.63) is 41.0 Å². The van der Waals surface area contributed by atoms with Crippen LogP contribution in [0.1, 0.15) is 24.2 Å². The number of methoxy groups -OCH3 is 1. The van der Waals surface area contributed by atoms with Crippen LogP contribution in [0.2, 0.25) is 5.15 Å². The standard InChI is InChI=1S/C25H31ClN6O4S/c1-17-15-31(11-12-32(17)24(35)19-5-4-6-20(13-19)36-3)22-14-21(26)27-25(28-22)37-16-23(34)30-9-7-29(8-10-30)18(2)33/h4-6,13-14,17H,7-12,15-16H2,1-3H3. The Balaban J connectivity index is 1.35. The average molecular weight is 547 g/mol. The summed E-state index contributed by atoms with van der Waals surface area (Å²) in [5.41, 5.74) is 0.593. The highest BCUT2D eigenvalue weighted by molar-refractivity contribution is 7.99. The summed E-state index contributed by atoms with van der Waals surface area (Å²) in [7, 11) is 1.58. The molecule has 3 heterocycles. The number of carbonyl (C=O) groups is 3. The van der Waals surface area contributed by atoms with Gasteiger partial charge in [-0.15, -0.1) is 0 Å². The summed E-state index contributed by atoms with van der Waals surface area (Å²) in [5.74, 6) is 1.49. The van der Waals surface area contributed by atoms with E-state index in [9.17, 15) is 14.4 Å². The van der Waals surface area contributed by atoms with E-state index in [1.54, 1.807) is 42.0 Å². The summed E-state index contributed by atoms with van der Waals surface area (Å²) in [6, 6.07) is 8.83. The zero-order valence-corrected chi connectivity index (χ0v) is 22.8. The fourth-order valence-electron chi connectivity index (χ4n) is 4.49. The smallest absolute Gasteiger partial charge is 0.254 e. The topological polar surface area (TPSA) is 99.2 Å². The first kappa shape index (κ1) is 27.0. The van der Waals surface area contributed by atoms with E-state index >= 15 is 0 Å². The summed E-state index contributed by atoms with van der Waals surface area (Å²) in [6.07, 6.45) is 0. The fraction of sp³-hybridized carbons (Fsp3) is 0.480. The molecule has 1 aromatic heterocycles. The maximum Gasteiger partial charge on any atom is 0.254 e. The molecule has 2 aliphatic rings. The van der Waals surface area contributed by atoms with Crippen molar-refractivity contribution in [3.8, 4) is 5.75 Å². The molecule has 0 radical (unpaired) electrons. The third kappa shape index (κ3) is 6.64. The zero-order chi connectivity index (χ0) is 26.5. The quantitative estimate of drug-likeness (QED) is 0.309. The van der Waals surface area contributed by atoms with Crippen LogP contribution in [0.15, 0.2) is 35.5 Å². The maximum absolute atomic E-state index is 13.1. The predicted molar refractivity (Wildman–Crippen MR) is 142 cm³/mol. The SMILES string of the molecule is COc1cccc(C(=O)N2CCN(c3cc(Cl)nc(SCC(=O)N4CCN(C(C)=O)CC4)n3)CC2C)c1. The molecule has 12 heteroatoms. The lowest BCUT2D eigenvalue weighted by Crippen LogP contribution is -2.54. The summed E-state index contributed by atoms with van der Waals surface area (Å²) >= 11 is 7.55. The highest BCUT2D eigenvalue weighted by Gasteiger charge is 2.29. The molecule has 4 rings (SSSR count). The number of anilines is 1. The number of nitrogens with zero attached hydrogens (tertiary/aromatic N) is 6. The minimum absolute atomic E-state index is 0.0170. The Morgan fingerprint density at radius 1 is 1.05 bits per heavy atom. The molecule has 198 valence electrons. The van der Waals surface area contributed by atoms with E-state index in [4.69, 9.17) is 16.3 Å². The molecule has 0 spiro atoms. The summed E-state index contributed by atoms with van der Waals surface area (Å²) in [6.45, 7) is 7.42. The van der Waals surface area contributed by atoms with Gasteiger partial charge in [-0.3, -0.25) is 14.4 Å². The molecule has 0 saturated carbocycles. The largest absolute Gasteiger partial charge is 0.497 e. The molecule has 3 amide bonds. The van der Waals surface area contributed by atoms with E-state index in [0.717, 1.165) is 0 Å². The second-order valence-electron chi connectivity index (χ2n) is 9.03. The van der Waals surface area contributed by atoms with E-state index in [0.29, 0.717) is 73.3 Å². The molecule has 0 aliphatic carbocycles. The normalized spacial score (nSPS) is 18.1. The van der Waals surface area contributed by atoms with Crippen LogP contribution in [-0.2, 0) is 9.59 Å². The number of thioether (sulfide) groups is 1. The summed E-state index contributed by atoms with van der Waals surface area (Å²) in [4.78, 5) is 53.7. The zero-order valence-electron chi connectivity index (χ0n) is 21.2. The molecule has 0 N–H and O–H groups in total. The van der Waals surface area contributed by atoms with Gasteiger partial charge in [0.1, 0.15) is 16.7 Å². The van der Waals surface area contributed by atoms with Gasteiger partial charge in [0, 0.05) is 70.4 Å². The molecule has 2 saturated heterocycles. The van der Waals surface area contributed by atoms with Crippen LogP contribution >= 0.6 is 23.4 Å². The summed E-state index contributed by atoms with van der Waals surface area (Å²) in [5, 5.41) is 0.735. The van der Waals surface area contributed by atoms with Crippen molar-refractivity contribution in [2.75, 3.05) is 63.6 Å². The van der Waals surface area contributed by atoms with Crippen molar-refractivity contribution >= 4 is 46.9 Å². The van der Waals surface area contributed by atoms with Crippen LogP contribution in [0.3, 0.4) is 0 Å². The van der Waals surface area contributed by atoms with E-state index in [-0.39, 0.29) is 29.5 Å². The summed E-state index contributed by atoms with van der Waals surface area (Å²) < 4.78 is 5.25. The van der Waals surface area contributed by atoms with Gasteiger partial charge in [0.05, 0.1) is 12.9 Å². The van der Waals surface area contributed by atoms with Gasteiger partial charge < -0.3 is 24.3 Å². The molecular formula is C25H31ClN6O4S. The van der Waals surface area contributed by atoms with Crippen molar-refractivity contribution < 1.29 is 19.1 Å². The predicted octanol–water partition coefficient (Wildman–Crippen LogP) is 2.27. The van der Waals surface area contributed by atoms with Crippen LogP contribution in [0.4, 0.5) is 5.82 Å². The average Bonchev–Trinajstić information content (AvgIpc) is 2.91. The Labute approximate surface area is 225 Å². The number of amides is 3. The first-order chi connectivity index (χ1) is 17.7. The minimum Gasteiger partial charge on any atom is -0.497 e. The molecular weight excluding hydrogens is 516 g/mol. The van der Waals surface area contributed by atoms with Crippen LogP contribution in [0.25, 0.3) is 0 Å². The number of ether oxygens (including phenoxy) is 1. The monoisotopic (exact) mass is 546 g/mol. The third-order valence-corrected chi connectivity index (χ3v) is 7.62. The van der Waals surface area contributed by atoms with Crippen molar-refractivity contribution in [2.24, 2.45) is 0 Å². The Morgan fingerprint density at radius 3 is 2.46 bits per heavy atom. The highest BCUT2D eigenvalue weighted by atomic mass is 35.5. The lowest BCUT2D eigenvalue weighted by atomic mass is 10.1. The van der Waals surface area contributed by atoms with Gasteiger partial charge in [0.25, 0.3) is 5.91 Å². The fourth-order valence-corrected chi connectivity index (χ4v) is 5.47. The second kappa shape index (κ2) is 12.0. The Kier molecular flexibility index (Phi) is 8.75. The van der Waals surface area contributed by atoms with Crippen LogP contribution in [0.5, 0.6) is 5.75 Å². The van der Waals surface area contributed by atoms with E-state index in [2.05, 4.69) is 14.9 Å². The molecule has 0 bridgehead atoms. The minimum atomic E-state index is -0.0486. The van der Waals surface area contributed by atoms with E-state index in [1.165, 1.54) is 11.8 Å². The van der Waals surface area contributed by atoms with Crippen LogP contribution in [-0.4, -0.2) is 107 Å². The molecule has 10 nitrogen and oxygen atoms in total. The second-order valence-corrected chi connectivity index (χ2v) is 10.4. The van der Waals surface area contributed by atoms with Gasteiger partial charge >= 0.3 is 0 Å². The molecule has 1 atom stereocenters. The van der Waals surface area contributed by atoms with Gasteiger partial charge in [-0.2, -0.15) is 0 Å². The van der Waals surface area contributed by atoms with E-state index in [1.807, 2.05) is 24.0 Å².